The molecule has 2 aromatic heterocycles. The highest BCUT2D eigenvalue weighted by Gasteiger charge is 2.30. The lowest BCUT2D eigenvalue weighted by Gasteiger charge is -2.30. The molecule has 0 atom stereocenters. The zero-order chi connectivity index (χ0) is 17.5. The normalized spacial score (nSPS) is 16.6. The molecular formula is C17H24N4O3. The minimum absolute atomic E-state index is 0.0234. The summed E-state index contributed by atoms with van der Waals surface area (Å²) in [6.45, 7) is 9.36. The van der Waals surface area contributed by atoms with Crippen molar-refractivity contribution in [3.05, 3.63) is 29.0 Å². The number of aromatic nitrogens is 2. The summed E-state index contributed by atoms with van der Waals surface area (Å²) in [5.74, 6) is 2.26. The van der Waals surface area contributed by atoms with Crippen molar-refractivity contribution in [2.24, 2.45) is 0 Å². The number of piperidine rings is 1. The highest BCUT2D eigenvalue weighted by molar-refractivity contribution is 5.95. The van der Waals surface area contributed by atoms with Gasteiger partial charge in [0.1, 0.15) is 11.5 Å². The molecule has 7 nitrogen and oxygen atoms in total. The van der Waals surface area contributed by atoms with Crippen molar-refractivity contribution in [3.8, 4) is 0 Å². The summed E-state index contributed by atoms with van der Waals surface area (Å²) >= 11 is 0. The fraction of sp³-hybridized carbons (Fsp3) is 0.588. The molecule has 3 heterocycles. The lowest BCUT2D eigenvalue weighted by molar-refractivity contribution is 0.0704. The van der Waals surface area contributed by atoms with Crippen molar-refractivity contribution in [1.82, 2.24) is 15.1 Å². The average Bonchev–Trinajstić information content (AvgIpc) is 3.12. The molecule has 0 spiro atoms. The molecule has 0 aromatic carbocycles. The number of carbonyl (C=O) groups is 1. The number of nitrogens with zero attached hydrogens (tertiary/aromatic N) is 3. The first-order valence-corrected chi connectivity index (χ1v) is 8.25. The standard InChI is InChI=1S/C17H24N4O3/c1-10-12(9-13(23-10)17(2,3)4)15(22)21-7-5-11(6-8-21)14-19-20-16(18)24-14/h9,11H,5-8H2,1-4H3,(H2,18,20). The van der Waals surface area contributed by atoms with Crippen LogP contribution in [0.3, 0.4) is 0 Å². The molecule has 1 fully saturated rings. The van der Waals surface area contributed by atoms with Crippen LogP contribution in [0.2, 0.25) is 0 Å². The van der Waals surface area contributed by atoms with Gasteiger partial charge in [0, 0.05) is 24.4 Å². The summed E-state index contributed by atoms with van der Waals surface area (Å²) < 4.78 is 11.1. The molecular weight excluding hydrogens is 308 g/mol. The molecule has 2 aromatic rings. The van der Waals surface area contributed by atoms with Gasteiger partial charge in [-0.1, -0.05) is 25.9 Å². The van der Waals surface area contributed by atoms with E-state index in [9.17, 15) is 4.79 Å². The van der Waals surface area contributed by atoms with Crippen LogP contribution in [0.25, 0.3) is 0 Å². The van der Waals surface area contributed by atoms with Crippen molar-refractivity contribution in [2.75, 3.05) is 18.8 Å². The van der Waals surface area contributed by atoms with Gasteiger partial charge >= 0.3 is 6.01 Å². The van der Waals surface area contributed by atoms with Crippen LogP contribution in [0.1, 0.15) is 67.3 Å². The number of nitrogen functional groups attached to an aromatic ring is 1. The minimum atomic E-state index is -0.117. The molecule has 0 saturated carbocycles. The van der Waals surface area contributed by atoms with Crippen LogP contribution in [-0.4, -0.2) is 34.1 Å². The fourth-order valence-corrected chi connectivity index (χ4v) is 2.98. The van der Waals surface area contributed by atoms with E-state index in [0.717, 1.165) is 18.6 Å². The van der Waals surface area contributed by atoms with Crippen LogP contribution >= 0.6 is 0 Å². The number of hydrogen-bond donors (Lipinski definition) is 1. The molecule has 2 N–H and O–H groups in total. The van der Waals surface area contributed by atoms with Gasteiger partial charge in [-0.25, -0.2) is 0 Å². The molecule has 130 valence electrons. The van der Waals surface area contributed by atoms with Crippen molar-refractivity contribution in [1.29, 1.82) is 0 Å². The Bertz CT molecular complexity index is 733. The maximum atomic E-state index is 12.8. The van der Waals surface area contributed by atoms with Crippen molar-refractivity contribution >= 4 is 11.9 Å². The van der Waals surface area contributed by atoms with E-state index in [4.69, 9.17) is 14.6 Å². The first-order valence-electron chi connectivity index (χ1n) is 8.25. The molecule has 0 bridgehead atoms. The quantitative estimate of drug-likeness (QED) is 0.908. The number of anilines is 1. The number of aryl methyl sites for hydroxylation is 1. The molecule has 1 amide bonds. The Morgan fingerprint density at radius 1 is 1.25 bits per heavy atom. The second-order valence-electron chi connectivity index (χ2n) is 7.38. The van der Waals surface area contributed by atoms with Gasteiger partial charge < -0.3 is 19.5 Å². The second kappa shape index (κ2) is 5.96. The second-order valence-corrected chi connectivity index (χ2v) is 7.38. The zero-order valence-corrected chi connectivity index (χ0v) is 14.6. The average molecular weight is 332 g/mol. The highest BCUT2D eigenvalue weighted by Crippen LogP contribution is 2.31. The monoisotopic (exact) mass is 332 g/mol. The summed E-state index contributed by atoms with van der Waals surface area (Å²) in [7, 11) is 0. The Morgan fingerprint density at radius 3 is 2.42 bits per heavy atom. The number of rotatable bonds is 2. The third-order valence-electron chi connectivity index (χ3n) is 4.48. The van der Waals surface area contributed by atoms with Crippen LogP contribution in [0.5, 0.6) is 0 Å². The van der Waals surface area contributed by atoms with Crippen LogP contribution in [0.15, 0.2) is 14.9 Å². The lowest BCUT2D eigenvalue weighted by atomic mass is 9.93. The number of likely N-dealkylation sites (tertiary alicyclic amines) is 1. The van der Waals surface area contributed by atoms with Crippen LogP contribution in [0.4, 0.5) is 6.01 Å². The molecule has 1 aliphatic heterocycles. The number of carbonyl (C=O) groups excluding carboxylic acids is 1. The lowest BCUT2D eigenvalue weighted by Crippen LogP contribution is -2.38. The smallest absolute Gasteiger partial charge is 0.312 e. The Labute approximate surface area is 141 Å². The SMILES string of the molecule is Cc1oc(C(C)(C)C)cc1C(=O)N1CCC(c2nnc(N)o2)CC1. The Balaban J connectivity index is 1.68. The third kappa shape index (κ3) is 3.16. The molecule has 0 unspecified atom stereocenters. The van der Waals surface area contributed by atoms with E-state index in [1.54, 1.807) is 0 Å². The summed E-state index contributed by atoms with van der Waals surface area (Å²) in [6, 6.07) is 1.97. The number of nitrogens with two attached hydrogens (primary N) is 1. The van der Waals surface area contributed by atoms with Gasteiger partial charge in [0.2, 0.25) is 5.89 Å². The molecule has 3 rings (SSSR count). The Morgan fingerprint density at radius 2 is 1.92 bits per heavy atom. The predicted molar refractivity (Wildman–Crippen MR) is 88.7 cm³/mol. The van der Waals surface area contributed by atoms with Crippen molar-refractivity contribution in [2.45, 2.75) is 51.9 Å². The van der Waals surface area contributed by atoms with E-state index < -0.39 is 0 Å². The largest absolute Gasteiger partial charge is 0.465 e. The summed E-state index contributed by atoms with van der Waals surface area (Å²) in [5.41, 5.74) is 6.01. The highest BCUT2D eigenvalue weighted by atomic mass is 16.4. The van der Waals surface area contributed by atoms with E-state index in [-0.39, 0.29) is 23.3 Å². The van der Waals surface area contributed by atoms with E-state index in [1.807, 2.05) is 17.9 Å². The molecule has 0 radical (unpaired) electrons. The first kappa shape index (κ1) is 16.5. The third-order valence-corrected chi connectivity index (χ3v) is 4.48. The van der Waals surface area contributed by atoms with Gasteiger partial charge in [0.25, 0.3) is 5.91 Å². The number of furan rings is 1. The molecule has 7 heteroatoms. The maximum Gasteiger partial charge on any atom is 0.312 e. The van der Waals surface area contributed by atoms with E-state index in [2.05, 4.69) is 31.0 Å². The molecule has 1 saturated heterocycles. The van der Waals surface area contributed by atoms with Gasteiger partial charge in [0.05, 0.1) is 5.56 Å². The van der Waals surface area contributed by atoms with Gasteiger partial charge in [-0.15, -0.1) is 5.10 Å². The van der Waals surface area contributed by atoms with Crippen molar-refractivity contribution in [3.63, 3.8) is 0 Å². The van der Waals surface area contributed by atoms with Crippen molar-refractivity contribution < 1.29 is 13.6 Å². The van der Waals surface area contributed by atoms with Crippen LogP contribution in [0, 0.1) is 6.92 Å². The van der Waals surface area contributed by atoms with E-state index >= 15 is 0 Å². The zero-order valence-electron chi connectivity index (χ0n) is 14.6. The first-order chi connectivity index (χ1) is 11.3. The number of amides is 1. The number of hydrogen-bond acceptors (Lipinski definition) is 6. The van der Waals surface area contributed by atoms with Gasteiger partial charge in [0.15, 0.2) is 0 Å². The molecule has 24 heavy (non-hydrogen) atoms. The summed E-state index contributed by atoms with van der Waals surface area (Å²) in [5, 5.41) is 7.65. The molecule has 1 aliphatic rings. The summed E-state index contributed by atoms with van der Waals surface area (Å²) in [4.78, 5) is 14.7. The predicted octanol–water partition coefficient (Wildman–Crippen LogP) is 2.87. The van der Waals surface area contributed by atoms with Crippen LogP contribution < -0.4 is 5.73 Å². The van der Waals surface area contributed by atoms with Gasteiger partial charge in [-0.2, -0.15) is 0 Å². The van der Waals surface area contributed by atoms with Gasteiger partial charge in [-0.05, 0) is 25.8 Å². The van der Waals surface area contributed by atoms with E-state index in [0.29, 0.717) is 30.3 Å². The Hall–Kier alpha value is -2.31. The van der Waals surface area contributed by atoms with E-state index in [1.165, 1.54) is 0 Å². The van der Waals surface area contributed by atoms with Crippen LogP contribution in [-0.2, 0) is 5.41 Å². The molecule has 0 aliphatic carbocycles. The summed E-state index contributed by atoms with van der Waals surface area (Å²) in [6.07, 6.45) is 1.58. The Kier molecular flexibility index (Phi) is 4.11. The topological polar surface area (TPSA) is 98.4 Å². The fourth-order valence-electron chi connectivity index (χ4n) is 2.98. The minimum Gasteiger partial charge on any atom is -0.465 e. The maximum absolute atomic E-state index is 12.8. The van der Waals surface area contributed by atoms with Gasteiger partial charge in [-0.3, -0.25) is 4.79 Å².